The Hall–Kier alpha value is -0.830. The summed E-state index contributed by atoms with van der Waals surface area (Å²) >= 11 is 1.63. The summed E-state index contributed by atoms with van der Waals surface area (Å²) in [5.74, 6) is -0.996. The molecule has 1 atom stereocenters. The average Bonchev–Trinajstić information content (AvgIpc) is 2.35. The zero-order valence-corrected chi connectivity index (χ0v) is 8.02. The number of thiophene rings is 1. The van der Waals surface area contributed by atoms with Gasteiger partial charge in [0.25, 0.3) is 0 Å². The molecule has 0 radical (unpaired) electrons. The quantitative estimate of drug-likeness (QED) is 0.782. The second-order valence-electron chi connectivity index (χ2n) is 3.03. The summed E-state index contributed by atoms with van der Waals surface area (Å²) in [4.78, 5) is 11.7. The average molecular weight is 184 g/mol. The van der Waals surface area contributed by atoms with Crippen LogP contribution in [-0.2, 0) is 11.2 Å². The number of carbonyl (C=O) groups is 1. The fraction of sp³-hybridized carbons (Fsp3) is 0.444. The molecule has 0 aromatic carbocycles. The van der Waals surface area contributed by atoms with E-state index in [1.54, 1.807) is 18.3 Å². The van der Waals surface area contributed by atoms with E-state index in [1.165, 1.54) is 5.56 Å². The number of aliphatic carboxylic acids is 1. The third kappa shape index (κ3) is 2.34. The number of rotatable bonds is 3. The van der Waals surface area contributed by atoms with Crippen LogP contribution in [0.1, 0.15) is 17.4 Å². The van der Waals surface area contributed by atoms with Crippen LogP contribution in [0.2, 0.25) is 0 Å². The van der Waals surface area contributed by atoms with Gasteiger partial charge in [-0.05, 0) is 30.4 Å². The van der Waals surface area contributed by atoms with Crippen LogP contribution in [-0.4, -0.2) is 11.1 Å². The Balaban J connectivity index is 2.58. The van der Waals surface area contributed by atoms with Crippen LogP contribution in [0.5, 0.6) is 0 Å². The molecule has 1 heterocycles. The molecule has 2 nitrogen and oxygen atoms in total. The maximum atomic E-state index is 10.5. The number of aryl methyl sites for hydroxylation is 1. The Morgan fingerprint density at radius 1 is 1.75 bits per heavy atom. The van der Waals surface area contributed by atoms with Gasteiger partial charge in [0, 0.05) is 4.88 Å². The second kappa shape index (κ2) is 3.72. The monoisotopic (exact) mass is 184 g/mol. The Morgan fingerprint density at radius 2 is 2.42 bits per heavy atom. The minimum Gasteiger partial charge on any atom is -0.481 e. The fourth-order valence-electron chi connectivity index (χ4n) is 0.987. The molecule has 0 fully saturated rings. The van der Waals surface area contributed by atoms with Crippen LogP contribution >= 0.6 is 11.3 Å². The largest absolute Gasteiger partial charge is 0.481 e. The van der Waals surface area contributed by atoms with Crippen LogP contribution in [0.3, 0.4) is 0 Å². The molecule has 0 bridgehead atoms. The van der Waals surface area contributed by atoms with Gasteiger partial charge in [-0.1, -0.05) is 6.92 Å². The van der Waals surface area contributed by atoms with Gasteiger partial charge in [-0.2, -0.15) is 0 Å². The SMILES string of the molecule is Cc1csc(CC(C)C(=O)O)c1. The van der Waals surface area contributed by atoms with E-state index in [1.807, 2.05) is 18.4 Å². The van der Waals surface area contributed by atoms with Gasteiger partial charge in [0.05, 0.1) is 5.92 Å². The van der Waals surface area contributed by atoms with E-state index in [2.05, 4.69) is 0 Å². The van der Waals surface area contributed by atoms with Crippen molar-refractivity contribution in [2.24, 2.45) is 5.92 Å². The van der Waals surface area contributed by atoms with Crippen LogP contribution in [0.4, 0.5) is 0 Å². The summed E-state index contributed by atoms with van der Waals surface area (Å²) in [5, 5.41) is 10.7. The molecule has 0 saturated carbocycles. The van der Waals surface area contributed by atoms with Gasteiger partial charge in [-0.25, -0.2) is 0 Å². The Kier molecular flexibility index (Phi) is 2.87. The van der Waals surface area contributed by atoms with Crippen molar-refractivity contribution in [3.63, 3.8) is 0 Å². The topological polar surface area (TPSA) is 37.3 Å². The van der Waals surface area contributed by atoms with Crippen LogP contribution in [0.15, 0.2) is 11.4 Å². The smallest absolute Gasteiger partial charge is 0.306 e. The van der Waals surface area contributed by atoms with Gasteiger partial charge in [0.1, 0.15) is 0 Å². The molecule has 66 valence electrons. The highest BCUT2D eigenvalue weighted by Crippen LogP contribution is 2.17. The van der Waals surface area contributed by atoms with Crippen LogP contribution in [0.25, 0.3) is 0 Å². The van der Waals surface area contributed by atoms with Gasteiger partial charge in [-0.15, -0.1) is 11.3 Å². The third-order valence-corrected chi connectivity index (χ3v) is 2.79. The summed E-state index contributed by atoms with van der Waals surface area (Å²) in [7, 11) is 0. The van der Waals surface area contributed by atoms with E-state index in [9.17, 15) is 4.79 Å². The summed E-state index contributed by atoms with van der Waals surface area (Å²) < 4.78 is 0. The van der Waals surface area contributed by atoms with E-state index in [0.29, 0.717) is 6.42 Å². The molecule has 1 rings (SSSR count). The van der Waals surface area contributed by atoms with Crippen molar-refractivity contribution in [3.05, 3.63) is 21.9 Å². The maximum absolute atomic E-state index is 10.5. The van der Waals surface area contributed by atoms with E-state index < -0.39 is 5.97 Å². The van der Waals surface area contributed by atoms with Crippen LogP contribution < -0.4 is 0 Å². The van der Waals surface area contributed by atoms with Crippen molar-refractivity contribution >= 4 is 17.3 Å². The minimum atomic E-state index is -0.721. The second-order valence-corrected chi connectivity index (χ2v) is 4.03. The van der Waals surface area contributed by atoms with Crippen molar-refractivity contribution in [3.8, 4) is 0 Å². The number of carboxylic acid groups (broad SMARTS) is 1. The maximum Gasteiger partial charge on any atom is 0.306 e. The van der Waals surface area contributed by atoms with Gasteiger partial charge < -0.3 is 5.11 Å². The first-order chi connectivity index (χ1) is 5.59. The summed E-state index contributed by atoms with van der Waals surface area (Å²) in [6, 6.07) is 2.05. The van der Waals surface area contributed by atoms with Gasteiger partial charge in [0.2, 0.25) is 0 Å². The predicted molar refractivity (Wildman–Crippen MR) is 49.6 cm³/mol. The van der Waals surface area contributed by atoms with E-state index in [0.717, 1.165) is 4.88 Å². The lowest BCUT2D eigenvalue weighted by molar-refractivity contribution is -0.141. The molecule has 1 aromatic rings. The number of hydrogen-bond acceptors (Lipinski definition) is 2. The third-order valence-electron chi connectivity index (χ3n) is 1.71. The molecule has 0 spiro atoms. The molecule has 1 aromatic heterocycles. The molecule has 1 N–H and O–H groups in total. The zero-order valence-electron chi connectivity index (χ0n) is 7.20. The molecular weight excluding hydrogens is 172 g/mol. The minimum absolute atomic E-state index is 0.275. The van der Waals surface area contributed by atoms with E-state index >= 15 is 0 Å². The molecule has 3 heteroatoms. The number of carboxylic acids is 1. The van der Waals surface area contributed by atoms with Gasteiger partial charge in [-0.3, -0.25) is 4.79 Å². The lowest BCUT2D eigenvalue weighted by atomic mass is 10.1. The highest BCUT2D eigenvalue weighted by atomic mass is 32.1. The summed E-state index contributed by atoms with van der Waals surface area (Å²) in [5.41, 5.74) is 1.22. The van der Waals surface area contributed by atoms with Crippen LogP contribution in [0, 0.1) is 12.8 Å². The molecule has 0 aliphatic carbocycles. The lowest BCUT2D eigenvalue weighted by Gasteiger charge is -2.01. The highest BCUT2D eigenvalue weighted by Gasteiger charge is 2.11. The van der Waals surface area contributed by atoms with Crippen molar-refractivity contribution < 1.29 is 9.90 Å². The first kappa shape index (κ1) is 9.26. The highest BCUT2D eigenvalue weighted by molar-refractivity contribution is 7.10. The Morgan fingerprint density at radius 3 is 2.83 bits per heavy atom. The fourth-order valence-corrected chi connectivity index (χ4v) is 1.99. The molecule has 0 saturated heterocycles. The van der Waals surface area contributed by atoms with Crippen molar-refractivity contribution in [2.45, 2.75) is 20.3 Å². The molecule has 0 aliphatic rings. The van der Waals surface area contributed by atoms with Gasteiger partial charge >= 0.3 is 5.97 Å². The normalized spacial score (nSPS) is 12.8. The van der Waals surface area contributed by atoms with E-state index in [4.69, 9.17) is 5.11 Å². The first-order valence-corrected chi connectivity index (χ1v) is 4.74. The molecule has 0 amide bonds. The molecule has 12 heavy (non-hydrogen) atoms. The van der Waals surface area contributed by atoms with Crippen molar-refractivity contribution in [2.75, 3.05) is 0 Å². The molecule has 1 unspecified atom stereocenters. The standard InChI is InChI=1S/C9H12O2S/c1-6-3-8(12-5-6)4-7(2)9(10)11/h3,5,7H,4H2,1-2H3,(H,10,11). The van der Waals surface area contributed by atoms with Crippen molar-refractivity contribution in [1.82, 2.24) is 0 Å². The summed E-state index contributed by atoms with van der Waals surface area (Å²) in [6.07, 6.45) is 0.647. The number of hydrogen-bond donors (Lipinski definition) is 1. The lowest BCUT2D eigenvalue weighted by Crippen LogP contribution is -2.11. The molecule has 0 aliphatic heterocycles. The first-order valence-electron chi connectivity index (χ1n) is 3.86. The van der Waals surface area contributed by atoms with Gasteiger partial charge in [0.15, 0.2) is 0 Å². The zero-order chi connectivity index (χ0) is 9.14. The Labute approximate surface area is 75.9 Å². The Bertz CT molecular complexity index is 278. The summed E-state index contributed by atoms with van der Waals surface area (Å²) in [6.45, 7) is 3.75. The van der Waals surface area contributed by atoms with Crippen molar-refractivity contribution in [1.29, 1.82) is 0 Å². The van der Waals surface area contributed by atoms with E-state index in [-0.39, 0.29) is 5.92 Å². The molecular formula is C9H12O2S. The predicted octanol–water partition coefficient (Wildman–Crippen LogP) is 2.32.